The summed E-state index contributed by atoms with van der Waals surface area (Å²) in [6, 6.07) is 11.6. The van der Waals surface area contributed by atoms with E-state index in [1.807, 2.05) is 0 Å². The first-order chi connectivity index (χ1) is 12.8. The van der Waals surface area contributed by atoms with Crippen LogP contribution in [-0.4, -0.2) is 18.4 Å². The van der Waals surface area contributed by atoms with Crippen molar-refractivity contribution >= 4 is 23.2 Å². The average Bonchev–Trinajstić information content (AvgIpc) is 2.62. The number of carbonyl (C=O) groups is 2. The first-order valence-corrected chi connectivity index (χ1v) is 8.69. The molecule has 7 heteroatoms. The fourth-order valence-corrected chi connectivity index (χ4v) is 3.08. The maximum Gasteiger partial charge on any atom is 0.416 e. The number of hydrogen-bond donors (Lipinski definition) is 1. The highest BCUT2D eigenvalue weighted by Gasteiger charge is 2.30. The lowest BCUT2D eigenvalue weighted by molar-refractivity contribution is -0.137. The zero-order chi connectivity index (χ0) is 19.4. The second-order valence-corrected chi connectivity index (χ2v) is 6.48. The highest BCUT2D eigenvalue weighted by Crippen LogP contribution is 2.29. The lowest BCUT2D eigenvalue weighted by Crippen LogP contribution is -2.35. The van der Waals surface area contributed by atoms with E-state index in [1.54, 1.807) is 29.2 Å². The van der Waals surface area contributed by atoms with Crippen LogP contribution in [0.1, 0.15) is 30.4 Å². The molecule has 27 heavy (non-hydrogen) atoms. The van der Waals surface area contributed by atoms with Gasteiger partial charge in [-0.15, -0.1) is 0 Å². The topological polar surface area (TPSA) is 49.4 Å². The molecule has 2 aromatic rings. The zero-order valence-corrected chi connectivity index (χ0v) is 14.6. The quantitative estimate of drug-likeness (QED) is 0.860. The van der Waals surface area contributed by atoms with Crippen LogP contribution in [0.2, 0.25) is 0 Å². The molecule has 142 valence electrons. The van der Waals surface area contributed by atoms with Gasteiger partial charge in [0.2, 0.25) is 11.8 Å². The normalized spacial score (nSPS) is 14.9. The molecule has 3 rings (SSSR count). The molecule has 0 atom stereocenters. The van der Waals surface area contributed by atoms with Crippen molar-refractivity contribution in [3.05, 3.63) is 59.7 Å². The third-order valence-corrected chi connectivity index (χ3v) is 4.38. The van der Waals surface area contributed by atoms with Crippen LogP contribution in [0, 0.1) is 0 Å². The summed E-state index contributed by atoms with van der Waals surface area (Å²) >= 11 is 0. The van der Waals surface area contributed by atoms with Crippen molar-refractivity contribution < 1.29 is 22.8 Å². The lowest BCUT2D eigenvalue weighted by atomic mass is 10.1. The van der Waals surface area contributed by atoms with Crippen LogP contribution in [0.3, 0.4) is 0 Å². The molecule has 2 amide bonds. The van der Waals surface area contributed by atoms with E-state index < -0.39 is 17.6 Å². The van der Waals surface area contributed by atoms with Crippen molar-refractivity contribution in [3.63, 3.8) is 0 Å². The van der Waals surface area contributed by atoms with Gasteiger partial charge in [-0.1, -0.05) is 24.3 Å². The number of rotatable bonds is 4. The van der Waals surface area contributed by atoms with E-state index in [4.69, 9.17) is 0 Å². The van der Waals surface area contributed by atoms with E-state index in [0.29, 0.717) is 24.3 Å². The summed E-state index contributed by atoms with van der Waals surface area (Å²) in [6.07, 6.45) is -2.30. The van der Waals surface area contributed by atoms with E-state index in [2.05, 4.69) is 5.32 Å². The number of amides is 2. The molecular weight excluding hydrogens is 357 g/mol. The van der Waals surface area contributed by atoms with E-state index >= 15 is 0 Å². The molecule has 0 saturated carbocycles. The standard InChI is InChI=1S/C20H19F3N2O2/c21-20(22,23)15-6-3-5-14(11-15)12-18(26)24-16-7-4-8-17(13-16)25-10-2-1-9-19(25)27/h3-8,11,13H,1-2,9-10,12H2,(H,24,26). The molecule has 1 heterocycles. The number of anilines is 2. The monoisotopic (exact) mass is 376 g/mol. The second-order valence-electron chi connectivity index (χ2n) is 6.48. The fourth-order valence-electron chi connectivity index (χ4n) is 3.08. The predicted molar refractivity (Wildman–Crippen MR) is 96.4 cm³/mol. The Morgan fingerprint density at radius 1 is 1.07 bits per heavy atom. The highest BCUT2D eigenvalue weighted by atomic mass is 19.4. The summed E-state index contributed by atoms with van der Waals surface area (Å²) in [4.78, 5) is 25.9. The number of hydrogen-bond acceptors (Lipinski definition) is 2. The molecule has 4 nitrogen and oxygen atoms in total. The Morgan fingerprint density at radius 3 is 2.59 bits per heavy atom. The number of carbonyl (C=O) groups excluding carboxylic acids is 2. The van der Waals surface area contributed by atoms with Gasteiger partial charge in [0.1, 0.15) is 0 Å². The Kier molecular flexibility index (Phi) is 5.48. The Bertz CT molecular complexity index is 849. The van der Waals surface area contributed by atoms with Gasteiger partial charge < -0.3 is 10.2 Å². The fraction of sp³-hybridized carbons (Fsp3) is 0.300. The number of nitrogens with zero attached hydrogens (tertiary/aromatic N) is 1. The van der Waals surface area contributed by atoms with Crippen molar-refractivity contribution in [1.29, 1.82) is 0 Å². The summed E-state index contributed by atoms with van der Waals surface area (Å²) in [5.41, 5.74) is 0.711. The maximum atomic E-state index is 12.8. The number of piperidine rings is 1. The van der Waals surface area contributed by atoms with Crippen molar-refractivity contribution in [3.8, 4) is 0 Å². The van der Waals surface area contributed by atoms with Crippen LogP contribution < -0.4 is 10.2 Å². The molecular formula is C20H19F3N2O2. The summed E-state index contributed by atoms with van der Waals surface area (Å²) < 4.78 is 38.3. The van der Waals surface area contributed by atoms with E-state index in [9.17, 15) is 22.8 Å². The number of benzene rings is 2. The lowest BCUT2D eigenvalue weighted by Gasteiger charge is -2.27. The van der Waals surface area contributed by atoms with Crippen LogP contribution in [0.4, 0.5) is 24.5 Å². The van der Waals surface area contributed by atoms with E-state index in [1.165, 1.54) is 12.1 Å². The van der Waals surface area contributed by atoms with Gasteiger partial charge in [0, 0.05) is 24.3 Å². The minimum atomic E-state index is -4.44. The van der Waals surface area contributed by atoms with Crippen LogP contribution in [0.15, 0.2) is 48.5 Å². The van der Waals surface area contributed by atoms with Gasteiger partial charge in [0.15, 0.2) is 0 Å². The second kappa shape index (κ2) is 7.82. The first kappa shape index (κ1) is 18.9. The molecule has 0 aliphatic carbocycles. The molecule has 2 aromatic carbocycles. The van der Waals surface area contributed by atoms with Crippen LogP contribution in [0.25, 0.3) is 0 Å². The highest BCUT2D eigenvalue weighted by molar-refractivity contribution is 5.96. The Labute approximate surface area is 155 Å². The predicted octanol–water partition coefficient (Wildman–Crippen LogP) is 4.40. The van der Waals surface area contributed by atoms with E-state index in [-0.39, 0.29) is 17.9 Å². The number of nitrogens with one attached hydrogen (secondary N) is 1. The van der Waals surface area contributed by atoms with Crippen molar-refractivity contribution in [2.75, 3.05) is 16.8 Å². The largest absolute Gasteiger partial charge is 0.416 e. The van der Waals surface area contributed by atoms with E-state index in [0.717, 1.165) is 25.0 Å². The third kappa shape index (κ3) is 4.87. The van der Waals surface area contributed by atoms with Crippen LogP contribution in [0.5, 0.6) is 0 Å². The molecule has 1 aliphatic rings. The number of alkyl halides is 3. The van der Waals surface area contributed by atoms with Gasteiger partial charge in [0.25, 0.3) is 0 Å². The molecule has 0 unspecified atom stereocenters. The van der Waals surface area contributed by atoms with Gasteiger partial charge >= 0.3 is 6.18 Å². The molecule has 1 fully saturated rings. The van der Waals surface area contributed by atoms with Crippen molar-refractivity contribution in [2.45, 2.75) is 31.9 Å². The van der Waals surface area contributed by atoms with Gasteiger partial charge in [-0.3, -0.25) is 9.59 Å². The van der Waals surface area contributed by atoms with Crippen LogP contribution >= 0.6 is 0 Å². The summed E-state index contributed by atoms with van der Waals surface area (Å²) in [5, 5.41) is 2.68. The van der Waals surface area contributed by atoms with Crippen molar-refractivity contribution in [1.82, 2.24) is 0 Å². The molecule has 1 aliphatic heterocycles. The van der Waals surface area contributed by atoms with Gasteiger partial charge in [-0.05, 0) is 42.7 Å². The molecule has 0 radical (unpaired) electrons. The molecule has 0 spiro atoms. The molecule has 1 saturated heterocycles. The molecule has 0 aromatic heterocycles. The Morgan fingerprint density at radius 2 is 1.85 bits per heavy atom. The summed E-state index contributed by atoms with van der Waals surface area (Å²) in [6.45, 7) is 0.639. The first-order valence-electron chi connectivity index (χ1n) is 8.69. The maximum absolute atomic E-state index is 12.8. The SMILES string of the molecule is O=C(Cc1cccc(C(F)(F)F)c1)Nc1cccc(N2CCCCC2=O)c1. The third-order valence-electron chi connectivity index (χ3n) is 4.38. The van der Waals surface area contributed by atoms with Crippen molar-refractivity contribution in [2.24, 2.45) is 0 Å². The zero-order valence-electron chi connectivity index (χ0n) is 14.6. The Hall–Kier alpha value is -2.83. The number of halogens is 3. The minimum Gasteiger partial charge on any atom is -0.326 e. The average molecular weight is 376 g/mol. The molecule has 1 N–H and O–H groups in total. The Balaban J connectivity index is 1.68. The summed E-state index contributed by atoms with van der Waals surface area (Å²) in [7, 11) is 0. The van der Waals surface area contributed by atoms with Gasteiger partial charge in [-0.25, -0.2) is 0 Å². The minimum absolute atomic E-state index is 0.0497. The van der Waals surface area contributed by atoms with Gasteiger partial charge in [0.05, 0.1) is 12.0 Å². The smallest absolute Gasteiger partial charge is 0.326 e. The van der Waals surface area contributed by atoms with Gasteiger partial charge in [-0.2, -0.15) is 13.2 Å². The summed E-state index contributed by atoms with van der Waals surface area (Å²) in [5.74, 6) is -0.370. The van der Waals surface area contributed by atoms with Crippen LogP contribution in [-0.2, 0) is 22.2 Å². The molecule has 0 bridgehead atoms.